The lowest BCUT2D eigenvalue weighted by atomic mass is 10.2. The maximum absolute atomic E-state index is 12.8. The van der Waals surface area contributed by atoms with Crippen molar-refractivity contribution in [2.45, 2.75) is 12.6 Å². The molecule has 0 radical (unpaired) electrons. The molecule has 24 heavy (non-hydrogen) atoms. The van der Waals surface area contributed by atoms with Crippen LogP contribution in [-0.2, 0) is 21.0 Å². The van der Waals surface area contributed by atoms with Crippen molar-refractivity contribution in [3.63, 3.8) is 0 Å². The largest absolute Gasteiger partial charge is 0.417 e. The third-order valence-corrected chi connectivity index (χ3v) is 4.54. The van der Waals surface area contributed by atoms with Crippen molar-refractivity contribution in [1.82, 2.24) is 4.31 Å². The molecular formula is C14H16ClF3N2O3S. The predicted molar refractivity (Wildman–Crippen MR) is 86.3 cm³/mol. The van der Waals surface area contributed by atoms with E-state index >= 15 is 0 Å². The Morgan fingerprint density at radius 2 is 2.04 bits per heavy atom. The Bertz CT molecular complexity index is 720. The Morgan fingerprint density at radius 3 is 2.54 bits per heavy atom. The SMILES string of the molecule is C=CCN(CCC(=O)Nc1ccc(Cl)c(C(F)(F)F)c1)S(C)(=O)=O. The molecule has 0 aliphatic heterocycles. The summed E-state index contributed by atoms with van der Waals surface area (Å²) in [6.45, 7) is 3.34. The Labute approximate surface area is 143 Å². The summed E-state index contributed by atoms with van der Waals surface area (Å²) in [7, 11) is -3.51. The van der Waals surface area contributed by atoms with Crippen molar-refractivity contribution in [2.24, 2.45) is 0 Å². The summed E-state index contributed by atoms with van der Waals surface area (Å²) in [5.41, 5.74) is -1.14. The molecule has 0 heterocycles. The molecule has 0 bridgehead atoms. The van der Waals surface area contributed by atoms with E-state index in [0.717, 1.165) is 22.7 Å². The fourth-order valence-corrected chi connectivity index (χ4v) is 2.83. The quantitative estimate of drug-likeness (QED) is 0.734. The van der Waals surface area contributed by atoms with Gasteiger partial charge in [0.1, 0.15) is 0 Å². The average Bonchev–Trinajstić information content (AvgIpc) is 2.43. The van der Waals surface area contributed by atoms with E-state index in [1.807, 2.05) is 0 Å². The number of nitrogens with zero attached hydrogens (tertiary/aromatic N) is 1. The van der Waals surface area contributed by atoms with E-state index in [2.05, 4.69) is 11.9 Å². The van der Waals surface area contributed by atoms with Crippen molar-refractivity contribution in [2.75, 3.05) is 24.7 Å². The Kier molecular flexibility index (Phi) is 6.82. The van der Waals surface area contributed by atoms with Crippen LogP contribution < -0.4 is 5.32 Å². The van der Waals surface area contributed by atoms with Crippen LogP contribution in [0.25, 0.3) is 0 Å². The second-order valence-electron chi connectivity index (χ2n) is 4.90. The average molecular weight is 385 g/mol. The monoisotopic (exact) mass is 384 g/mol. The van der Waals surface area contributed by atoms with Gasteiger partial charge in [-0.05, 0) is 18.2 Å². The Balaban J connectivity index is 2.77. The molecule has 0 aliphatic carbocycles. The van der Waals surface area contributed by atoms with Crippen LogP contribution in [-0.4, -0.2) is 38.0 Å². The van der Waals surface area contributed by atoms with Gasteiger partial charge in [0.2, 0.25) is 15.9 Å². The molecule has 1 aromatic carbocycles. The predicted octanol–water partition coefficient (Wildman–Crippen LogP) is 3.14. The number of carbonyl (C=O) groups excluding carboxylic acids is 1. The number of sulfonamides is 1. The van der Waals surface area contributed by atoms with E-state index in [0.29, 0.717) is 0 Å². The van der Waals surface area contributed by atoms with Crippen LogP contribution in [0.15, 0.2) is 30.9 Å². The zero-order valence-corrected chi connectivity index (χ0v) is 14.3. The fraction of sp³-hybridized carbons (Fsp3) is 0.357. The second-order valence-corrected chi connectivity index (χ2v) is 7.29. The van der Waals surface area contributed by atoms with E-state index in [9.17, 15) is 26.4 Å². The minimum atomic E-state index is -4.64. The summed E-state index contributed by atoms with van der Waals surface area (Å²) in [6.07, 6.45) is -2.50. The number of amides is 1. The van der Waals surface area contributed by atoms with Gasteiger partial charge in [-0.2, -0.15) is 17.5 Å². The first-order chi connectivity index (χ1) is 10.9. The van der Waals surface area contributed by atoms with Gasteiger partial charge < -0.3 is 5.32 Å². The van der Waals surface area contributed by atoms with Crippen LogP contribution in [0.5, 0.6) is 0 Å². The molecule has 1 aromatic rings. The van der Waals surface area contributed by atoms with Gasteiger partial charge >= 0.3 is 6.18 Å². The molecular weight excluding hydrogens is 369 g/mol. The van der Waals surface area contributed by atoms with Gasteiger partial charge in [0.25, 0.3) is 0 Å². The molecule has 134 valence electrons. The number of carbonyl (C=O) groups is 1. The summed E-state index contributed by atoms with van der Waals surface area (Å²) in [5.74, 6) is -0.622. The number of hydrogen-bond acceptors (Lipinski definition) is 3. The van der Waals surface area contributed by atoms with Gasteiger partial charge in [0, 0.05) is 25.2 Å². The highest BCUT2D eigenvalue weighted by atomic mass is 35.5. The van der Waals surface area contributed by atoms with E-state index in [1.54, 1.807) is 0 Å². The molecule has 1 amide bonds. The maximum Gasteiger partial charge on any atom is 0.417 e. The zero-order chi connectivity index (χ0) is 18.5. The van der Waals surface area contributed by atoms with Crippen molar-refractivity contribution >= 4 is 33.2 Å². The van der Waals surface area contributed by atoms with Crippen LogP contribution in [0, 0.1) is 0 Å². The normalized spacial score (nSPS) is 12.2. The number of rotatable bonds is 7. The van der Waals surface area contributed by atoms with Gasteiger partial charge in [-0.3, -0.25) is 4.79 Å². The minimum absolute atomic E-state index is 0.0330. The third kappa shape index (κ3) is 6.14. The summed E-state index contributed by atoms with van der Waals surface area (Å²) in [5, 5.41) is 1.81. The minimum Gasteiger partial charge on any atom is -0.326 e. The maximum atomic E-state index is 12.8. The first kappa shape index (κ1) is 20.5. The number of halogens is 4. The lowest BCUT2D eigenvalue weighted by molar-refractivity contribution is -0.137. The van der Waals surface area contributed by atoms with Gasteiger partial charge in [-0.25, -0.2) is 8.42 Å². The van der Waals surface area contributed by atoms with Crippen molar-refractivity contribution in [3.8, 4) is 0 Å². The lowest BCUT2D eigenvalue weighted by Gasteiger charge is -2.17. The van der Waals surface area contributed by atoms with Crippen molar-refractivity contribution < 1.29 is 26.4 Å². The molecule has 0 spiro atoms. The van der Waals surface area contributed by atoms with Crippen LogP contribution in [0.1, 0.15) is 12.0 Å². The van der Waals surface area contributed by atoms with Gasteiger partial charge in [-0.15, -0.1) is 6.58 Å². The van der Waals surface area contributed by atoms with Gasteiger partial charge in [0.15, 0.2) is 0 Å². The fourth-order valence-electron chi connectivity index (χ4n) is 1.81. The summed E-state index contributed by atoms with van der Waals surface area (Å²) in [4.78, 5) is 11.8. The molecule has 0 saturated carbocycles. The lowest BCUT2D eigenvalue weighted by Crippen LogP contribution is -2.33. The van der Waals surface area contributed by atoms with Crippen LogP contribution >= 0.6 is 11.6 Å². The van der Waals surface area contributed by atoms with Gasteiger partial charge in [-0.1, -0.05) is 17.7 Å². The van der Waals surface area contributed by atoms with E-state index in [-0.39, 0.29) is 25.2 Å². The summed E-state index contributed by atoms with van der Waals surface area (Å²) < 4.78 is 62.3. The summed E-state index contributed by atoms with van der Waals surface area (Å²) in [6, 6.07) is 2.98. The molecule has 5 nitrogen and oxygen atoms in total. The molecule has 0 aliphatic rings. The molecule has 0 saturated heterocycles. The van der Waals surface area contributed by atoms with E-state index in [4.69, 9.17) is 11.6 Å². The zero-order valence-electron chi connectivity index (χ0n) is 12.7. The highest BCUT2D eigenvalue weighted by Crippen LogP contribution is 2.36. The molecule has 1 N–H and O–H groups in total. The van der Waals surface area contributed by atoms with E-state index < -0.39 is 32.7 Å². The Morgan fingerprint density at radius 1 is 1.42 bits per heavy atom. The third-order valence-electron chi connectivity index (χ3n) is 2.95. The first-order valence-corrected chi connectivity index (χ1v) is 8.90. The number of nitrogens with one attached hydrogen (secondary N) is 1. The first-order valence-electron chi connectivity index (χ1n) is 6.67. The summed E-state index contributed by atoms with van der Waals surface area (Å²) >= 11 is 5.49. The molecule has 0 atom stereocenters. The van der Waals surface area contributed by atoms with E-state index in [1.165, 1.54) is 12.1 Å². The molecule has 0 unspecified atom stereocenters. The molecule has 10 heteroatoms. The number of alkyl halides is 3. The highest BCUT2D eigenvalue weighted by Gasteiger charge is 2.33. The smallest absolute Gasteiger partial charge is 0.326 e. The van der Waals surface area contributed by atoms with Crippen LogP contribution in [0.2, 0.25) is 5.02 Å². The molecule has 0 fully saturated rings. The van der Waals surface area contributed by atoms with Gasteiger partial charge in [0.05, 0.1) is 16.8 Å². The molecule has 0 aromatic heterocycles. The topological polar surface area (TPSA) is 66.5 Å². The Hall–Kier alpha value is -1.58. The van der Waals surface area contributed by atoms with Crippen molar-refractivity contribution in [3.05, 3.63) is 41.4 Å². The number of hydrogen-bond donors (Lipinski definition) is 1. The second kappa shape index (κ2) is 8.00. The van der Waals surface area contributed by atoms with Crippen LogP contribution in [0.3, 0.4) is 0 Å². The standard InChI is InChI=1S/C14H16ClF3N2O3S/c1-3-7-20(24(2,22)23)8-6-13(21)19-10-4-5-12(15)11(9-10)14(16,17)18/h3-5,9H,1,6-8H2,2H3,(H,19,21). The number of anilines is 1. The highest BCUT2D eigenvalue weighted by molar-refractivity contribution is 7.88. The van der Waals surface area contributed by atoms with Crippen molar-refractivity contribution in [1.29, 1.82) is 0 Å². The number of benzene rings is 1. The van der Waals surface area contributed by atoms with Crippen LogP contribution in [0.4, 0.5) is 18.9 Å². The molecule has 1 rings (SSSR count).